The predicted molar refractivity (Wildman–Crippen MR) is 90.0 cm³/mol. The Labute approximate surface area is 144 Å². The molecule has 0 unspecified atom stereocenters. The standard InChI is InChI=1S/C15H17FN6O2S/c1-20(25(2,23)24)8-9-21-11-14(18-19-21)13-10-12(16)4-5-15(13)22-7-3-6-17-22/h3-7,10-11H,8-9H2,1-2H3. The normalized spacial score (nSPS) is 12.0. The summed E-state index contributed by atoms with van der Waals surface area (Å²) in [6.45, 7) is 0.597. The molecule has 10 heteroatoms. The van der Waals surface area contributed by atoms with Crippen LogP contribution >= 0.6 is 0 Å². The summed E-state index contributed by atoms with van der Waals surface area (Å²) in [5, 5.41) is 12.2. The molecule has 2 heterocycles. The van der Waals surface area contributed by atoms with E-state index in [0.717, 1.165) is 6.26 Å². The summed E-state index contributed by atoms with van der Waals surface area (Å²) in [6.07, 6.45) is 6.17. The fourth-order valence-corrected chi connectivity index (χ4v) is 2.68. The maximum absolute atomic E-state index is 13.7. The number of nitrogens with zero attached hydrogens (tertiary/aromatic N) is 6. The lowest BCUT2D eigenvalue weighted by Crippen LogP contribution is -2.29. The Morgan fingerprint density at radius 3 is 2.80 bits per heavy atom. The zero-order valence-corrected chi connectivity index (χ0v) is 14.6. The van der Waals surface area contributed by atoms with Gasteiger partial charge in [-0.1, -0.05) is 5.21 Å². The fraction of sp³-hybridized carbons (Fsp3) is 0.267. The number of sulfonamides is 1. The molecule has 0 radical (unpaired) electrons. The quantitative estimate of drug-likeness (QED) is 0.655. The van der Waals surface area contributed by atoms with Gasteiger partial charge in [-0.3, -0.25) is 4.68 Å². The molecule has 0 aliphatic carbocycles. The molecule has 3 rings (SSSR count). The Bertz CT molecular complexity index is 968. The average molecular weight is 364 g/mol. The van der Waals surface area contributed by atoms with E-state index in [-0.39, 0.29) is 6.54 Å². The van der Waals surface area contributed by atoms with Crippen molar-refractivity contribution in [1.82, 2.24) is 29.1 Å². The van der Waals surface area contributed by atoms with Crippen molar-refractivity contribution in [2.45, 2.75) is 6.54 Å². The van der Waals surface area contributed by atoms with E-state index in [0.29, 0.717) is 23.5 Å². The van der Waals surface area contributed by atoms with Crippen LogP contribution in [0.3, 0.4) is 0 Å². The van der Waals surface area contributed by atoms with Crippen LogP contribution in [0.2, 0.25) is 0 Å². The van der Waals surface area contributed by atoms with Crippen molar-refractivity contribution in [1.29, 1.82) is 0 Å². The molecule has 8 nitrogen and oxygen atoms in total. The Morgan fingerprint density at radius 1 is 1.32 bits per heavy atom. The first-order valence-electron chi connectivity index (χ1n) is 7.46. The van der Waals surface area contributed by atoms with Gasteiger partial charge < -0.3 is 0 Å². The van der Waals surface area contributed by atoms with E-state index in [4.69, 9.17) is 0 Å². The first kappa shape index (κ1) is 17.2. The van der Waals surface area contributed by atoms with Gasteiger partial charge >= 0.3 is 0 Å². The second-order valence-electron chi connectivity index (χ2n) is 5.56. The Hall–Kier alpha value is -2.59. The lowest BCUT2D eigenvalue weighted by Gasteiger charge is -2.13. The molecular weight excluding hydrogens is 347 g/mol. The lowest BCUT2D eigenvalue weighted by atomic mass is 10.1. The van der Waals surface area contributed by atoms with Crippen molar-refractivity contribution in [2.75, 3.05) is 19.8 Å². The second-order valence-corrected chi connectivity index (χ2v) is 7.65. The molecule has 132 valence electrons. The van der Waals surface area contributed by atoms with Gasteiger partial charge in [0.2, 0.25) is 10.0 Å². The van der Waals surface area contributed by atoms with Crippen LogP contribution in [0.4, 0.5) is 4.39 Å². The molecule has 0 spiro atoms. The molecule has 3 aromatic rings. The van der Waals surface area contributed by atoms with Gasteiger partial charge in [-0.05, 0) is 24.3 Å². The molecule has 0 atom stereocenters. The molecule has 25 heavy (non-hydrogen) atoms. The van der Waals surface area contributed by atoms with Gasteiger partial charge in [-0.25, -0.2) is 21.8 Å². The highest BCUT2D eigenvalue weighted by Gasteiger charge is 2.14. The van der Waals surface area contributed by atoms with Gasteiger partial charge in [0.1, 0.15) is 11.5 Å². The van der Waals surface area contributed by atoms with Crippen molar-refractivity contribution in [3.8, 4) is 16.9 Å². The van der Waals surface area contributed by atoms with Crippen LogP contribution < -0.4 is 0 Å². The molecule has 1 aromatic carbocycles. The maximum Gasteiger partial charge on any atom is 0.211 e. The van der Waals surface area contributed by atoms with Gasteiger partial charge in [0.15, 0.2) is 0 Å². The summed E-state index contributed by atoms with van der Waals surface area (Å²) in [7, 11) is -1.75. The van der Waals surface area contributed by atoms with Gasteiger partial charge in [0.25, 0.3) is 0 Å². The van der Waals surface area contributed by atoms with Gasteiger partial charge in [0.05, 0.1) is 24.7 Å². The van der Waals surface area contributed by atoms with E-state index >= 15 is 0 Å². The van der Waals surface area contributed by atoms with Crippen LogP contribution in [-0.2, 0) is 16.6 Å². The van der Waals surface area contributed by atoms with Crippen molar-refractivity contribution in [3.63, 3.8) is 0 Å². The van der Waals surface area contributed by atoms with E-state index in [1.807, 2.05) is 0 Å². The number of aromatic nitrogens is 5. The summed E-state index contributed by atoms with van der Waals surface area (Å²) < 4.78 is 40.9. The summed E-state index contributed by atoms with van der Waals surface area (Å²) in [5.41, 5.74) is 1.70. The Balaban J connectivity index is 1.87. The van der Waals surface area contributed by atoms with E-state index in [2.05, 4.69) is 15.4 Å². The largest absolute Gasteiger partial charge is 0.251 e. The average Bonchev–Trinajstić information content (AvgIpc) is 3.23. The summed E-state index contributed by atoms with van der Waals surface area (Å²) in [6, 6.07) is 6.11. The minimum absolute atomic E-state index is 0.261. The fourth-order valence-electron chi connectivity index (χ4n) is 2.26. The highest BCUT2D eigenvalue weighted by atomic mass is 32.2. The van der Waals surface area contributed by atoms with Gasteiger partial charge in [-0.2, -0.15) is 5.10 Å². The van der Waals surface area contributed by atoms with Gasteiger partial charge in [0, 0.05) is 31.5 Å². The first-order valence-corrected chi connectivity index (χ1v) is 9.31. The lowest BCUT2D eigenvalue weighted by molar-refractivity contribution is 0.432. The number of halogens is 1. The zero-order chi connectivity index (χ0) is 18.0. The van der Waals surface area contributed by atoms with E-state index < -0.39 is 15.8 Å². The number of likely N-dealkylation sites (N-methyl/N-ethyl adjacent to an activating group) is 1. The SMILES string of the molecule is CN(CCn1cc(-c2cc(F)ccc2-n2cccn2)nn1)S(C)(=O)=O. The second kappa shape index (κ2) is 6.73. The monoisotopic (exact) mass is 364 g/mol. The van der Waals surface area contributed by atoms with Crippen LogP contribution in [0.25, 0.3) is 16.9 Å². The molecule has 0 fully saturated rings. The third kappa shape index (κ3) is 3.91. The third-order valence-electron chi connectivity index (χ3n) is 3.73. The first-order chi connectivity index (χ1) is 11.8. The highest BCUT2D eigenvalue weighted by molar-refractivity contribution is 7.88. The van der Waals surface area contributed by atoms with Crippen molar-refractivity contribution < 1.29 is 12.8 Å². The molecule has 0 bridgehead atoms. The molecule has 0 N–H and O–H groups in total. The topological polar surface area (TPSA) is 85.9 Å². The Morgan fingerprint density at radius 2 is 2.12 bits per heavy atom. The van der Waals surface area contributed by atoms with Crippen LogP contribution in [0.1, 0.15) is 0 Å². The predicted octanol–water partition coefficient (Wildman–Crippen LogP) is 1.16. The van der Waals surface area contributed by atoms with Crippen molar-refractivity contribution >= 4 is 10.0 Å². The van der Waals surface area contributed by atoms with E-state index in [1.165, 1.54) is 28.2 Å². The molecule has 0 aliphatic heterocycles. The summed E-state index contributed by atoms with van der Waals surface area (Å²) in [5.74, 6) is -0.391. The summed E-state index contributed by atoms with van der Waals surface area (Å²) in [4.78, 5) is 0. The number of hydrogen-bond donors (Lipinski definition) is 0. The van der Waals surface area contributed by atoms with Crippen LogP contribution in [-0.4, -0.2) is 57.3 Å². The molecule has 0 amide bonds. The molecule has 2 aromatic heterocycles. The van der Waals surface area contributed by atoms with Crippen molar-refractivity contribution in [3.05, 3.63) is 48.7 Å². The van der Waals surface area contributed by atoms with Crippen molar-refractivity contribution in [2.24, 2.45) is 0 Å². The third-order valence-corrected chi connectivity index (χ3v) is 5.05. The molecule has 0 saturated heterocycles. The zero-order valence-electron chi connectivity index (χ0n) is 13.7. The van der Waals surface area contributed by atoms with Crippen LogP contribution in [0.15, 0.2) is 42.9 Å². The number of rotatable bonds is 6. The minimum atomic E-state index is -3.25. The van der Waals surface area contributed by atoms with E-state index in [9.17, 15) is 12.8 Å². The minimum Gasteiger partial charge on any atom is -0.251 e. The highest BCUT2D eigenvalue weighted by Crippen LogP contribution is 2.25. The van der Waals surface area contributed by atoms with Crippen LogP contribution in [0.5, 0.6) is 0 Å². The molecular formula is C15H17FN6O2S. The van der Waals surface area contributed by atoms with Gasteiger partial charge in [-0.15, -0.1) is 5.10 Å². The Kier molecular flexibility index (Phi) is 4.64. The number of benzene rings is 1. The summed E-state index contributed by atoms with van der Waals surface area (Å²) >= 11 is 0. The smallest absolute Gasteiger partial charge is 0.211 e. The van der Waals surface area contributed by atoms with E-state index in [1.54, 1.807) is 35.4 Å². The molecule has 0 saturated carbocycles. The molecule has 0 aliphatic rings. The number of hydrogen-bond acceptors (Lipinski definition) is 5. The maximum atomic E-state index is 13.7. The van der Waals surface area contributed by atoms with Crippen LogP contribution in [0, 0.1) is 5.82 Å².